The highest BCUT2D eigenvalue weighted by Gasteiger charge is 2.28. The van der Waals surface area contributed by atoms with Gasteiger partial charge in [-0.05, 0) is 42.0 Å². The van der Waals surface area contributed by atoms with Crippen LogP contribution in [0.15, 0.2) is 53.5 Å². The summed E-state index contributed by atoms with van der Waals surface area (Å²) in [6, 6.07) is 13.8. The Hall–Kier alpha value is -2.07. The van der Waals surface area contributed by atoms with Gasteiger partial charge in [0.1, 0.15) is 5.82 Å². The Morgan fingerprint density at radius 1 is 1.20 bits per heavy atom. The summed E-state index contributed by atoms with van der Waals surface area (Å²) < 4.78 is 13.4. The van der Waals surface area contributed by atoms with Crippen LogP contribution in [0.5, 0.6) is 0 Å². The maximum absolute atomic E-state index is 13.4. The van der Waals surface area contributed by atoms with E-state index in [0.717, 1.165) is 11.3 Å². The topological polar surface area (TPSA) is 41.6 Å². The summed E-state index contributed by atoms with van der Waals surface area (Å²) in [4.78, 5) is 6.16. The molecule has 0 aliphatic carbocycles. The normalized spacial score (nSPS) is 18.2. The summed E-state index contributed by atoms with van der Waals surface area (Å²) in [6.45, 7) is 0.512. The van der Waals surface area contributed by atoms with Gasteiger partial charge in [-0.25, -0.2) is 4.39 Å². The third-order valence-corrected chi connectivity index (χ3v) is 3.57. The fourth-order valence-electron chi connectivity index (χ4n) is 2.38. The molecule has 0 saturated heterocycles. The molecule has 0 aromatic heterocycles. The zero-order valence-electron chi connectivity index (χ0n) is 10.6. The zero-order valence-corrected chi connectivity index (χ0v) is 11.4. The number of guanidine groups is 1. The molecule has 1 unspecified atom stereocenters. The van der Waals surface area contributed by atoms with Crippen LogP contribution in [0.4, 0.5) is 10.1 Å². The van der Waals surface area contributed by atoms with Gasteiger partial charge in [0.05, 0.1) is 12.6 Å². The van der Waals surface area contributed by atoms with Crippen molar-refractivity contribution >= 4 is 23.2 Å². The second kappa shape index (κ2) is 5.13. The van der Waals surface area contributed by atoms with E-state index < -0.39 is 0 Å². The molecule has 1 aliphatic rings. The SMILES string of the molecule is NC1=NCC(c2cccc(F)c2)N1c1ccc(Cl)cc1. The van der Waals surface area contributed by atoms with Crippen LogP contribution in [0, 0.1) is 5.82 Å². The van der Waals surface area contributed by atoms with Crippen LogP contribution in [0.25, 0.3) is 0 Å². The second-order valence-corrected chi connectivity index (χ2v) is 5.05. The summed E-state index contributed by atoms with van der Waals surface area (Å²) in [6.07, 6.45) is 0. The Bertz CT molecular complexity index is 654. The molecule has 3 rings (SSSR count). The molecule has 20 heavy (non-hydrogen) atoms. The smallest absolute Gasteiger partial charge is 0.196 e. The van der Waals surface area contributed by atoms with Crippen molar-refractivity contribution in [2.75, 3.05) is 11.4 Å². The lowest BCUT2D eigenvalue weighted by Gasteiger charge is -2.26. The maximum atomic E-state index is 13.4. The van der Waals surface area contributed by atoms with Crippen LogP contribution in [0.2, 0.25) is 5.02 Å². The molecule has 0 saturated carbocycles. The first-order valence-electron chi connectivity index (χ1n) is 6.25. The van der Waals surface area contributed by atoms with E-state index in [1.807, 2.05) is 23.1 Å². The first-order chi connectivity index (χ1) is 9.65. The molecule has 1 atom stereocenters. The fourth-order valence-corrected chi connectivity index (χ4v) is 2.51. The van der Waals surface area contributed by atoms with Crippen LogP contribution >= 0.6 is 11.6 Å². The van der Waals surface area contributed by atoms with E-state index in [2.05, 4.69) is 4.99 Å². The molecule has 1 aliphatic heterocycles. The minimum absolute atomic E-state index is 0.0909. The van der Waals surface area contributed by atoms with E-state index >= 15 is 0 Å². The molecule has 2 aromatic rings. The Morgan fingerprint density at radius 2 is 1.95 bits per heavy atom. The molecule has 0 fully saturated rings. The fraction of sp³-hybridized carbons (Fsp3) is 0.133. The van der Waals surface area contributed by atoms with Crippen molar-refractivity contribution in [2.45, 2.75) is 6.04 Å². The van der Waals surface area contributed by atoms with E-state index in [1.165, 1.54) is 12.1 Å². The van der Waals surface area contributed by atoms with Gasteiger partial charge in [-0.1, -0.05) is 23.7 Å². The molecule has 1 heterocycles. The van der Waals surface area contributed by atoms with Gasteiger partial charge in [0.15, 0.2) is 5.96 Å². The molecule has 102 valence electrons. The second-order valence-electron chi connectivity index (χ2n) is 4.62. The predicted molar refractivity (Wildman–Crippen MR) is 79.6 cm³/mol. The van der Waals surface area contributed by atoms with Gasteiger partial charge in [0.25, 0.3) is 0 Å². The molecule has 0 radical (unpaired) electrons. The zero-order chi connectivity index (χ0) is 14.1. The molecule has 2 N–H and O–H groups in total. The van der Waals surface area contributed by atoms with Gasteiger partial charge in [0, 0.05) is 10.7 Å². The largest absolute Gasteiger partial charge is 0.369 e. The van der Waals surface area contributed by atoms with Crippen LogP contribution in [-0.2, 0) is 0 Å². The highest BCUT2D eigenvalue weighted by Crippen LogP contribution is 2.31. The molecule has 0 amide bonds. The van der Waals surface area contributed by atoms with Crippen molar-refractivity contribution in [1.29, 1.82) is 0 Å². The summed E-state index contributed by atoms with van der Waals surface area (Å²) in [5.74, 6) is 0.172. The van der Waals surface area contributed by atoms with E-state index in [4.69, 9.17) is 17.3 Å². The van der Waals surface area contributed by atoms with Crippen LogP contribution < -0.4 is 10.6 Å². The molecular weight excluding hydrogens is 277 g/mol. The van der Waals surface area contributed by atoms with E-state index in [0.29, 0.717) is 17.5 Å². The lowest BCUT2D eigenvalue weighted by atomic mass is 10.1. The van der Waals surface area contributed by atoms with Crippen molar-refractivity contribution in [2.24, 2.45) is 10.7 Å². The highest BCUT2D eigenvalue weighted by atomic mass is 35.5. The average molecular weight is 290 g/mol. The lowest BCUT2D eigenvalue weighted by molar-refractivity contribution is 0.621. The molecule has 2 aromatic carbocycles. The number of benzene rings is 2. The van der Waals surface area contributed by atoms with E-state index in [9.17, 15) is 4.39 Å². The lowest BCUT2D eigenvalue weighted by Crippen LogP contribution is -2.36. The van der Waals surface area contributed by atoms with Crippen molar-refractivity contribution in [3.8, 4) is 0 Å². The van der Waals surface area contributed by atoms with Crippen LogP contribution in [0.3, 0.4) is 0 Å². The Balaban J connectivity index is 1.98. The minimum atomic E-state index is -0.260. The number of anilines is 1. The van der Waals surface area contributed by atoms with Crippen molar-refractivity contribution < 1.29 is 4.39 Å². The number of hydrogen-bond acceptors (Lipinski definition) is 3. The third-order valence-electron chi connectivity index (χ3n) is 3.32. The summed E-state index contributed by atoms with van der Waals surface area (Å²) in [5.41, 5.74) is 7.71. The maximum Gasteiger partial charge on any atom is 0.196 e. The van der Waals surface area contributed by atoms with E-state index in [-0.39, 0.29) is 11.9 Å². The third kappa shape index (κ3) is 2.34. The number of nitrogens with two attached hydrogens (primary N) is 1. The highest BCUT2D eigenvalue weighted by molar-refractivity contribution is 6.30. The van der Waals surface area contributed by atoms with Gasteiger partial charge in [-0.2, -0.15) is 0 Å². The molecular formula is C15H13ClFN3. The van der Waals surface area contributed by atoms with Crippen molar-refractivity contribution in [3.05, 3.63) is 64.9 Å². The first-order valence-corrected chi connectivity index (χ1v) is 6.63. The number of hydrogen-bond donors (Lipinski definition) is 1. The van der Waals surface area contributed by atoms with Crippen LogP contribution in [0.1, 0.15) is 11.6 Å². The monoisotopic (exact) mass is 289 g/mol. The quantitative estimate of drug-likeness (QED) is 0.921. The van der Waals surface area contributed by atoms with Gasteiger partial charge in [0.2, 0.25) is 0 Å². The van der Waals surface area contributed by atoms with Gasteiger partial charge in [-0.15, -0.1) is 0 Å². The molecule has 0 bridgehead atoms. The van der Waals surface area contributed by atoms with Crippen molar-refractivity contribution in [1.82, 2.24) is 0 Å². The molecule has 5 heteroatoms. The van der Waals surface area contributed by atoms with Gasteiger partial charge in [-0.3, -0.25) is 4.99 Å². The standard InChI is InChI=1S/C15H13ClFN3/c16-11-4-6-13(7-5-11)20-14(9-19-15(20)18)10-2-1-3-12(17)8-10/h1-8,14H,9H2,(H2,18,19). The van der Waals surface area contributed by atoms with Crippen molar-refractivity contribution in [3.63, 3.8) is 0 Å². The predicted octanol–water partition coefficient (Wildman–Crippen LogP) is 3.36. The molecule has 3 nitrogen and oxygen atoms in total. The number of nitrogens with zero attached hydrogens (tertiary/aromatic N) is 2. The van der Waals surface area contributed by atoms with E-state index in [1.54, 1.807) is 18.2 Å². The number of rotatable bonds is 2. The summed E-state index contributed by atoms with van der Waals surface area (Å²) >= 11 is 5.90. The van der Waals surface area contributed by atoms with Gasteiger partial charge >= 0.3 is 0 Å². The minimum Gasteiger partial charge on any atom is -0.369 e. The Kier molecular flexibility index (Phi) is 3.32. The summed E-state index contributed by atoms with van der Waals surface area (Å²) in [7, 11) is 0. The average Bonchev–Trinajstić information content (AvgIpc) is 2.82. The first kappa shape index (κ1) is 12.9. The Morgan fingerprint density at radius 3 is 2.65 bits per heavy atom. The number of halogens is 2. The number of aliphatic imine (C=N–C) groups is 1. The Labute approximate surface area is 121 Å². The van der Waals surface area contributed by atoms with Gasteiger partial charge < -0.3 is 10.6 Å². The summed E-state index contributed by atoms with van der Waals surface area (Å²) in [5, 5.41) is 0.658. The van der Waals surface area contributed by atoms with Crippen LogP contribution in [-0.4, -0.2) is 12.5 Å². The molecule has 0 spiro atoms.